The minimum atomic E-state index is -0.329. The van der Waals surface area contributed by atoms with Gasteiger partial charge in [-0.1, -0.05) is 26.8 Å². The van der Waals surface area contributed by atoms with E-state index in [1.54, 1.807) is 13.0 Å². The maximum atomic E-state index is 11.5. The van der Waals surface area contributed by atoms with E-state index in [1.165, 1.54) is 0 Å². The quantitative estimate of drug-likeness (QED) is 0.648. The van der Waals surface area contributed by atoms with Crippen LogP contribution in [-0.4, -0.2) is 11.6 Å². The van der Waals surface area contributed by atoms with Gasteiger partial charge < -0.3 is 0 Å². The van der Waals surface area contributed by atoms with E-state index in [9.17, 15) is 9.59 Å². The first-order chi connectivity index (χ1) is 6.29. The van der Waals surface area contributed by atoms with E-state index >= 15 is 0 Å². The van der Waals surface area contributed by atoms with Crippen molar-refractivity contribution in [2.24, 2.45) is 5.41 Å². The van der Waals surface area contributed by atoms with Gasteiger partial charge in [0.2, 0.25) is 0 Å². The third-order valence-electron chi connectivity index (χ3n) is 2.29. The maximum Gasteiger partial charge on any atom is 0.158 e. The van der Waals surface area contributed by atoms with Crippen LogP contribution >= 0.6 is 0 Å². The van der Waals surface area contributed by atoms with Crippen LogP contribution in [0, 0.1) is 5.41 Å². The number of carbonyl (C=O) groups excluding carboxylic acids is 2. The van der Waals surface area contributed by atoms with Crippen molar-refractivity contribution in [3.8, 4) is 0 Å². The molecule has 0 amide bonds. The minimum absolute atomic E-state index is 0.0742. The van der Waals surface area contributed by atoms with E-state index in [2.05, 4.69) is 0 Å². The lowest BCUT2D eigenvalue weighted by molar-refractivity contribution is -0.128. The van der Waals surface area contributed by atoms with Gasteiger partial charge in [-0.25, -0.2) is 0 Å². The smallest absolute Gasteiger partial charge is 0.158 e. The summed E-state index contributed by atoms with van der Waals surface area (Å²) in [5, 5.41) is 0. The van der Waals surface area contributed by atoms with Gasteiger partial charge in [0.1, 0.15) is 5.78 Å². The predicted octanol–water partition coefficient (Wildman–Crippen LogP) is 2.92. The van der Waals surface area contributed by atoms with Crippen LogP contribution in [0.15, 0.2) is 11.6 Å². The molecule has 0 aliphatic carbocycles. The van der Waals surface area contributed by atoms with Crippen LogP contribution in [0.3, 0.4) is 0 Å². The van der Waals surface area contributed by atoms with E-state index < -0.39 is 0 Å². The van der Waals surface area contributed by atoms with Gasteiger partial charge in [-0.2, -0.15) is 0 Å². The summed E-state index contributed by atoms with van der Waals surface area (Å²) in [6.07, 6.45) is 2.48. The molecule has 0 aromatic carbocycles. The Hall–Kier alpha value is -0.920. The third-order valence-corrected chi connectivity index (χ3v) is 2.29. The molecule has 0 saturated carbocycles. The second kappa shape index (κ2) is 5.08. The lowest BCUT2D eigenvalue weighted by Gasteiger charge is -2.15. The molecule has 0 aromatic heterocycles. The molecule has 0 atom stereocenters. The Labute approximate surface area is 86.4 Å². The van der Waals surface area contributed by atoms with E-state index in [-0.39, 0.29) is 17.0 Å². The highest BCUT2D eigenvalue weighted by Gasteiger charge is 2.21. The molecule has 0 N–H and O–H groups in total. The molecule has 0 fully saturated rings. The number of rotatable bonds is 4. The highest BCUT2D eigenvalue weighted by Crippen LogP contribution is 2.18. The molecule has 80 valence electrons. The molecule has 0 aromatic rings. The Morgan fingerprint density at radius 2 is 1.64 bits per heavy atom. The van der Waals surface area contributed by atoms with Crippen molar-refractivity contribution in [2.75, 3.05) is 0 Å². The van der Waals surface area contributed by atoms with Crippen LogP contribution in [-0.2, 0) is 9.59 Å². The molecule has 0 aliphatic rings. The highest BCUT2D eigenvalue weighted by molar-refractivity contribution is 5.97. The highest BCUT2D eigenvalue weighted by atomic mass is 16.1. The van der Waals surface area contributed by atoms with Crippen molar-refractivity contribution in [3.05, 3.63) is 11.6 Å². The second-order valence-electron chi connectivity index (χ2n) is 4.57. The van der Waals surface area contributed by atoms with Crippen molar-refractivity contribution in [1.29, 1.82) is 0 Å². The Kier molecular flexibility index (Phi) is 4.75. The lowest BCUT2D eigenvalue weighted by atomic mass is 9.87. The van der Waals surface area contributed by atoms with Crippen molar-refractivity contribution < 1.29 is 9.59 Å². The molecular formula is C12H20O2. The van der Waals surface area contributed by atoms with Gasteiger partial charge >= 0.3 is 0 Å². The Morgan fingerprint density at radius 3 is 2.00 bits per heavy atom. The van der Waals surface area contributed by atoms with Gasteiger partial charge in [-0.3, -0.25) is 9.59 Å². The summed E-state index contributed by atoms with van der Waals surface area (Å²) in [6, 6.07) is 0. The SMILES string of the molecule is C/C=C(\C)C(=O)CCC(=O)C(C)(C)C. The fraction of sp³-hybridized carbons (Fsp3) is 0.667. The number of hydrogen-bond acceptors (Lipinski definition) is 2. The summed E-state index contributed by atoms with van der Waals surface area (Å²) in [7, 11) is 0. The maximum absolute atomic E-state index is 11.5. The number of carbonyl (C=O) groups is 2. The summed E-state index contributed by atoms with van der Waals surface area (Å²) < 4.78 is 0. The monoisotopic (exact) mass is 196 g/mol. The van der Waals surface area contributed by atoms with E-state index in [0.29, 0.717) is 12.8 Å². The molecule has 0 bridgehead atoms. The molecule has 2 nitrogen and oxygen atoms in total. The van der Waals surface area contributed by atoms with E-state index in [1.807, 2.05) is 27.7 Å². The molecule has 0 unspecified atom stereocenters. The van der Waals surface area contributed by atoms with Gasteiger partial charge in [-0.15, -0.1) is 0 Å². The first kappa shape index (κ1) is 13.1. The summed E-state index contributed by atoms with van der Waals surface area (Å²) in [5.41, 5.74) is 0.413. The predicted molar refractivity (Wildman–Crippen MR) is 58.1 cm³/mol. The molecular weight excluding hydrogens is 176 g/mol. The number of allylic oxidation sites excluding steroid dienone is 2. The van der Waals surface area contributed by atoms with Gasteiger partial charge in [0, 0.05) is 18.3 Å². The van der Waals surface area contributed by atoms with Gasteiger partial charge in [0.25, 0.3) is 0 Å². The Balaban J connectivity index is 4.09. The molecule has 0 spiro atoms. The number of hydrogen-bond donors (Lipinski definition) is 0. The van der Waals surface area contributed by atoms with Crippen LogP contribution in [0.4, 0.5) is 0 Å². The van der Waals surface area contributed by atoms with E-state index in [0.717, 1.165) is 5.57 Å². The molecule has 14 heavy (non-hydrogen) atoms. The summed E-state index contributed by atoms with van der Waals surface area (Å²) in [4.78, 5) is 22.9. The van der Waals surface area contributed by atoms with Crippen molar-refractivity contribution in [3.63, 3.8) is 0 Å². The van der Waals surface area contributed by atoms with Crippen LogP contribution in [0.1, 0.15) is 47.5 Å². The molecule has 2 heteroatoms. The summed E-state index contributed by atoms with van der Waals surface area (Å²) in [6.45, 7) is 9.25. The summed E-state index contributed by atoms with van der Waals surface area (Å²) in [5.74, 6) is 0.222. The topological polar surface area (TPSA) is 34.1 Å². The molecule has 0 saturated heterocycles. The average Bonchev–Trinajstić information content (AvgIpc) is 2.10. The zero-order valence-corrected chi connectivity index (χ0v) is 9.81. The second-order valence-corrected chi connectivity index (χ2v) is 4.57. The zero-order chi connectivity index (χ0) is 11.4. The van der Waals surface area contributed by atoms with Crippen LogP contribution in [0.2, 0.25) is 0 Å². The van der Waals surface area contributed by atoms with Crippen molar-refractivity contribution in [2.45, 2.75) is 47.5 Å². The molecule has 0 rings (SSSR count). The average molecular weight is 196 g/mol. The third kappa shape index (κ3) is 4.35. The summed E-state index contributed by atoms with van der Waals surface area (Å²) >= 11 is 0. The standard InChI is InChI=1S/C12H20O2/c1-6-9(2)10(13)7-8-11(14)12(3,4)5/h6H,7-8H2,1-5H3/b9-6+. The first-order valence-electron chi connectivity index (χ1n) is 4.98. The number of Topliss-reactive ketones (excluding diaryl/α,β-unsaturated/α-hetero) is 2. The fourth-order valence-electron chi connectivity index (χ4n) is 0.960. The van der Waals surface area contributed by atoms with Crippen LogP contribution in [0.5, 0.6) is 0 Å². The molecule has 0 radical (unpaired) electrons. The Morgan fingerprint density at radius 1 is 1.14 bits per heavy atom. The van der Waals surface area contributed by atoms with Gasteiger partial charge in [-0.05, 0) is 19.4 Å². The zero-order valence-electron chi connectivity index (χ0n) is 9.81. The van der Waals surface area contributed by atoms with Crippen molar-refractivity contribution >= 4 is 11.6 Å². The number of ketones is 2. The van der Waals surface area contributed by atoms with Gasteiger partial charge in [0.05, 0.1) is 0 Å². The molecule has 0 heterocycles. The largest absolute Gasteiger partial charge is 0.299 e. The fourth-order valence-corrected chi connectivity index (χ4v) is 0.960. The lowest BCUT2D eigenvalue weighted by Crippen LogP contribution is -2.20. The van der Waals surface area contributed by atoms with E-state index in [4.69, 9.17) is 0 Å². The van der Waals surface area contributed by atoms with Crippen LogP contribution < -0.4 is 0 Å². The molecule has 0 aliphatic heterocycles. The first-order valence-corrected chi connectivity index (χ1v) is 4.98. The normalized spacial score (nSPS) is 12.8. The van der Waals surface area contributed by atoms with Gasteiger partial charge in [0.15, 0.2) is 5.78 Å². The Bertz CT molecular complexity index is 254. The minimum Gasteiger partial charge on any atom is -0.299 e. The van der Waals surface area contributed by atoms with Crippen LogP contribution in [0.25, 0.3) is 0 Å². The van der Waals surface area contributed by atoms with Crippen molar-refractivity contribution in [1.82, 2.24) is 0 Å².